The first-order valence-corrected chi connectivity index (χ1v) is 6.33. The summed E-state index contributed by atoms with van der Waals surface area (Å²) in [5.74, 6) is 0.989. The molecule has 0 bridgehead atoms. The minimum atomic E-state index is 0.809. The lowest BCUT2D eigenvalue weighted by molar-refractivity contribution is 0.308. The van der Waals surface area contributed by atoms with Crippen LogP contribution in [-0.2, 0) is 6.42 Å². The maximum Gasteiger partial charge on any atom is 0.119 e. The van der Waals surface area contributed by atoms with Crippen molar-refractivity contribution in [2.45, 2.75) is 38.6 Å². The lowest BCUT2D eigenvalue weighted by Crippen LogP contribution is -2.19. The molecule has 2 heteroatoms. The van der Waals surface area contributed by atoms with Gasteiger partial charge in [0.1, 0.15) is 5.75 Å². The monoisotopic (exact) mass is 219 g/mol. The molecule has 0 saturated heterocycles. The molecular formula is C14H21NO. The molecule has 0 unspecified atom stereocenters. The molecule has 1 aliphatic carbocycles. The van der Waals surface area contributed by atoms with E-state index in [9.17, 15) is 0 Å². The summed E-state index contributed by atoms with van der Waals surface area (Å²) in [7, 11) is 0. The minimum absolute atomic E-state index is 0.809. The maximum atomic E-state index is 5.67. The van der Waals surface area contributed by atoms with Gasteiger partial charge in [0.05, 0.1) is 6.61 Å². The van der Waals surface area contributed by atoms with Crippen molar-refractivity contribution in [3.63, 3.8) is 0 Å². The van der Waals surface area contributed by atoms with Gasteiger partial charge in [-0.25, -0.2) is 0 Å². The zero-order chi connectivity index (χ0) is 11.2. The molecule has 1 saturated carbocycles. The first-order chi connectivity index (χ1) is 7.88. The van der Waals surface area contributed by atoms with Crippen LogP contribution in [0.5, 0.6) is 5.75 Å². The highest BCUT2D eigenvalue weighted by molar-refractivity contribution is 5.27. The number of hydrogen-bond donors (Lipinski definition) is 1. The zero-order valence-corrected chi connectivity index (χ0v) is 10.0. The molecule has 0 aromatic heterocycles. The van der Waals surface area contributed by atoms with Crippen LogP contribution in [0, 0.1) is 0 Å². The molecule has 0 spiro atoms. The highest BCUT2D eigenvalue weighted by Gasteiger charge is 2.19. The van der Waals surface area contributed by atoms with E-state index in [-0.39, 0.29) is 0 Å². The smallest absolute Gasteiger partial charge is 0.119 e. The van der Waals surface area contributed by atoms with Gasteiger partial charge in [-0.15, -0.1) is 0 Å². The summed E-state index contributed by atoms with van der Waals surface area (Å²) in [6.45, 7) is 4.06. The highest BCUT2D eigenvalue weighted by Crippen LogP contribution is 2.18. The number of rotatable bonds is 7. The number of hydrogen-bond acceptors (Lipinski definition) is 2. The summed E-state index contributed by atoms with van der Waals surface area (Å²) < 4.78 is 5.67. The van der Waals surface area contributed by atoms with Crippen molar-refractivity contribution in [3.8, 4) is 5.75 Å². The predicted octanol–water partition coefficient (Wildman–Crippen LogP) is 2.77. The number of benzene rings is 1. The third-order valence-electron chi connectivity index (χ3n) is 2.93. The normalized spacial score (nSPS) is 15.1. The van der Waals surface area contributed by atoms with Gasteiger partial charge in [-0.05, 0) is 49.9 Å². The van der Waals surface area contributed by atoms with Crippen molar-refractivity contribution in [1.82, 2.24) is 5.32 Å². The van der Waals surface area contributed by atoms with E-state index in [1.165, 1.54) is 18.4 Å². The quantitative estimate of drug-likeness (QED) is 0.712. The fraction of sp³-hybridized carbons (Fsp3) is 0.571. The van der Waals surface area contributed by atoms with Crippen molar-refractivity contribution >= 4 is 0 Å². The van der Waals surface area contributed by atoms with Crippen molar-refractivity contribution in [2.75, 3.05) is 13.2 Å². The van der Waals surface area contributed by atoms with Gasteiger partial charge < -0.3 is 10.1 Å². The van der Waals surface area contributed by atoms with Gasteiger partial charge in [0, 0.05) is 6.04 Å². The SMILES string of the molecule is CCc1ccc(OCCCNC2CC2)cc1. The summed E-state index contributed by atoms with van der Waals surface area (Å²) in [6.07, 6.45) is 4.90. The Morgan fingerprint density at radius 1 is 1.25 bits per heavy atom. The summed E-state index contributed by atoms with van der Waals surface area (Å²) in [5, 5.41) is 3.48. The van der Waals surface area contributed by atoms with Gasteiger partial charge in [0.15, 0.2) is 0 Å². The van der Waals surface area contributed by atoms with Crippen LogP contribution in [0.15, 0.2) is 24.3 Å². The van der Waals surface area contributed by atoms with Crippen LogP contribution in [0.3, 0.4) is 0 Å². The van der Waals surface area contributed by atoms with Crippen molar-refractivity contribution in [2.24, 2.45) is 0 Å². The fourth-order valence-corrected chi connectivity index (χ4v) is 1.68. The summed E-state index contributed by atoms with van der Waals surface area (Å²) in [4.78, 5) is 0. The van der Waals surface area contributed by atoms with E-state index in [2.05, 4.69) is 36.5 Å². The van der Waals surface area contributed by atoms with Gasteiger partial charge in [-0.1, -0.05) is 19.1 Å². The van der Waals surface area contributed by atoms with Crippen LogP contribution in [0.2, 0.25) is 0 Å². The molecule has 88 valence electrons. The fourth-order valence-electron chi connectivity index (χ4n) is 1.68. The average molecular weight is 219 g/mol. The lowest BCUT2D eigenvalue weighted by Gasteiger charge is -2.07. The highest BCUT2D eigenvalue weighted by atomic mass is 16.5. The molecule has 0 atom stereocenters. The topological polar surface area (TPSA) is 21.3 Å². The van der Waals surface area contributed by atoms with Gasteiger partial charge in [0.2, 0.25) is 0 Å². The number of aryl methyl sites for hydroxylation is 1. The molecule has 1 aromatic carbocycles. The second-order valence-corrected chi connectivity index (χ2v) is 4.43. The Bertz CT molecular complexity index is 303. The predicted molar refractivity (Wildman–Crippen MR) is 67.0 cm³/mol. The van der Waals surface area contributed by atoms with Crippen molar-refractivity contribution in [3.05, 3.63) is 29.8 Å². The summed E-state index contributed by atoms with van der Waals surface area (Å²) in [5.41, 5.74) is 1.36. The molecular weight excluding hydrogens is 198 g/mol. The van der Waals surface area contributed by atoms with Crippen LogP contribution in [-0.4, -0.2) is 19.2 Å². The lowest BCUT2D eigenvalue weighted by atomic mass is 10.2. The molecule has 1 N–H and O–H groups in total. The second kappa shape index (κ2) is 5.90. The van der Waals surface area contributed by atoms with Gasteiger partial charge >= 0.3 is 0 Å². The molecule has 0 radical (unpaired) electrons. The van der Waals surface area contributed by atoms with E-state index >= 15 is 0 Å². The van der Waals surface area contributed by atoms with Gasteiger partial charge in [-0.2, -0.15) is 0 Å². The van der Waals surface area contributed by atoms with Crippen molar-refractivity contribution in [1.29, 1.82) is 0 Å². The maximum absolute atomic E-state index is 5.67. The molecule has 2 nitrogen and oxygen atoms in total. The molecule has 0 heterocycles. The molecule has 2 rings (SSSR count). The average Bonchev–Trinajstić information content (AvgIpc) is 3.13. The van der Waals surface area contributed by atoms with Crippen LogP contribution in [0.4, 0.5) is 0 Å². The Morgan fingerprint density at radius 2 is 2.00 bits per heavy atom. The minimum Gasteiger partial charge on any atom is -0.494 e. The Balaban J connectivity index is 1.60. The van der Waals surface area contributed by atoms with Crippen LogP contribution in [0.25, 0.3) is 0 Å². The largest absolute Gasteiger partial charge is 0.494 e. The molecule has 0 aliphatic heterocycles. The number of ether oxygens (including phenoxy) is 1. The Kier molecular flexibility index (Phi) is 4.23. The third-order valence-corrected chi connectivity index (χ3v) is 2.93. The van der Waals surface area contributed by atoms with Crippen LogP contribution < -0.4 is 10.1 Å². The van der Waals surface area contributed by atoms with E-state index in [4.69, 9.17) is 4.74 Å². The molecule has 0 amide bonds. The van der Waals surface area contributed by atoms with E-state index in [0.29, 0.717) is 0 Å². The Labute approximate surface area is 98.0 Å². The van der Waals surface area contributed by atoms with Crippen molar-refractivity contribution < 1.29 is 4.74 Å². The second-order valence-electron chi connectivity index (χ2n) is 4.43. The Hall–Kier alpha value is -1.02. The van der Waals surface area contributed by atoms with Crippen LogP contribution in [0.1, 0.15) is 31.7 Å². The standard InChI is InChI=1S/C14H21NO/c1-2-12-4-8-14(9-5-12)16-11-3-10-15-13-6-7-13/h4-5,8-9,13,15H,2-3,6-7,10-11H2,1H3. The molecule has 16 heavy (non-hydrogen) atoms. The summed E-state index contributed by atoms with van der Waals surface area (Å²) in [6, 6.07) is 9.21. The number of nitrogens with one attached hydrogen (secondary N) is 1. The first kappa shape index (κ1) is 11.5. The Morgan fingerprint density at radius 3 is 2.62 bits per heavy atom. The summed E-state index contributed by atoms with van der Waals surface area (Å²) >= 11 is 0. The molecule has 1 aliphatic rings. The third kappa shape index (κ3) is 3.86. The first-order valence-electron chi connectivity index (χ1n) is 6.33. The van der Waals surface area contributed by atoms with Crippen LogP contribution >= 0.6 is 0 Å². The van der Waals surface area contributed by atoms with E-state index in [0.717, 1.165) is 37.8 Å². The van der Waals surface area contributed by atoms with Gasteiger partial charge in [0.25, 0.3) is 0 Å². The van der Waals surface area contributed by atoms with E-state index < -0.39 is 0 Å². The van der Waals surface area contributed by atoms with E-state index in [1.807, 2.05) is 0 Å². The van der Waals surface area contributed by atoms with E-state index in [1.54, 1.807) is 0 Å². The molecule has 1 aromatic rings. The zero-order valence-electron chi connectivity index (χ0n) is 10.0. The van der Waals surface area contributed by atoms with Gasteiger partial charge in [-0.3, -0.25) is 0 Å². The molecule has 1 fully saturated rings.